The van der Waals surface area contributed by atoms with Gasteiger partial charge in [0.1, 0.15) is 11.1 Å². The van der Waals surface area contributed by atoms with E-state index in [-0.39, 0.29) is 5.54 Å². The van der Waals surface area contributed by atoms with E-state index in [1.54, 1.807) is 0 Å². The molecule has 1 amide bonds. The molecular formula is C17H22N2O3S. The minimum Gasteiger partial charge on any atom is -0.383 e. The molecule has 0 radical (unpaired) electrons. The van der Waals surface area contributed by atoms with Gasteiger partial charge in [-0.1, -0.05) is 31.4 Å². The van der Waals surface area contributed by atoms with Gasteiger partial charge in [-0.05, 0) is 31.9 Å². The zero-order valence-electron chi connectivity index (χ0n) is 13.2. The lowest BCUT2D eigenvalue weighted by molar-refractivity contribution is -0.137. The maximum absolute atomic E-state index is 12.3. The normalized spacial score (nSPS) is 20.1. The van der Waals surface area contributed by atoms with E-state index in [2.05, 4.69) is 10.3 Å². The summed E-state index contributed by atoms with van der Waals surface area (Å²) >= 11 is 1.30. The molecule has 0 bridgehead atoms. The summed E-state index contributed by atoms with van der Waals surface area (Å²) in [6.07, 6.45) is 2.34. The first-order chi connectivity index (χ1) is 11.0. The maximum Gasteiger partial charge on any atom is 0.252 e. The largest absolute Gasteiger partial charge is 0.383 e. The Labute approximate surface area is 139 Å². The number of amides is 1. The van der Waals surface area contributed by atoms with Crippen LogP contribution in [0.5, 0.6) is 0 Å². The van der Waals surface area contributed by atoms with Crippen LogP contribution in [0.3, 0.4) is 0 Å². The highest BCUT2D eigenvalue weighted by Gasteiger charge is 2.34. The molecule has 3 N–H and O–H groups in total. The fraction of sp³-hybridized carbons (Fsp3) is 0.529. The van der Waals surface area contributed by atoms with Gasteiger partial charge in [0.05, 0.1) is 10.2 Å². The third-order valence-electron chi connectivity index (χ3n) is 4.51. The predicted octanol–water partition coefficient (Wildman–Crippen LogP) is 2.53. The first-order valence-electron chi connectivity index (χ1n) is 8.02. The fourth-order valence-corrected chi connectivity index (χ4v) is 4.11. The predicted molar refractivity (Wildman–Crippen MR) is 90.2 cm³/mol. The van der Waals surface area contributed by atoms with Crippen molar-refractivity contribution in [1.29, 1.82) is 0 Å². The highest BCUT2D eigenvalue weighted by molar-refractivity contribution is 7.18. The molecule has 1 aliphatic rings. The number of aliphatic hydroxyl groups is 2. The number of hydrogen-bond acceptors (Lipinski definition) is 5. The molecule has 0 aliphatic heterocycles. The van der Waals surface area contributed by atoms with Gasteiger partial charge in [0.15, 0.2) is 6.10 Å². The highest BCUT2D eigenvalue weighted by Crippen LogP contribution is 2.30. The van der Waals surface area contributed by atoms with Crippen molar-refractivity contribution >= 4 is 27.5 Å². The van der Waals surface area contributed by atoms with E-state index >= 15 is 0 Å². The number of para-hydroxylation sites is 1. The van der Waals surface area contributed by atoms with Crippen molar-refractivity contribution in [3.05, 3.63) is 29.3 Å². The molecule has 0 saturated heterocycles. The molecule has 0 spiro atoms. The smallest absolute Gasteiger partial charge is 0.252 e. The molecule has 2 aromatic rings. The third kappa shape index (κ3) is 3.54. The summed E-state index contributed by atoms with van der Waals surface area (Å²) in [6.45, 7) is 2.00. The number of fused-ring (bicyclic) bond motifs is 1. The molecule has 3 rings (SSSR count). The standard InChI is InChI=1S/C17H22N2O3S/c1-17(9-5-2-6-10-17)19-15(22)13(20)14(21)16-18-11-7-3-4-8-12(11)23-16/h3-4,7-8,13-14,20-21H,2,5-6,9-10H2,1H3,(H,19,22). The van der Waals surface area contributed by atoms with E-state index in [0.29, 0.717) is 5.01 Å². The van der Waals surface area contributed by atoms with Crippen LogP contribution in [-0.4, -0.2) is 32.7 Å². The van der Waals surface area contributed by atoms with Crippen LogP contribution in [0.25, 0.3) is 10.2 Å². The Bertz CT molecular complexity index is 661. The summed E-state index contributed by atoms with van der Waals surface area (Å²) in [6, 6.07) is 7.51. The lowest BCUT2D eigenvalue weighted by atomic mass is 9.83. The van der Waals surface area contributed by atoms with Crippen molar-refractivity contribution in [2.75, 3.05) is 0 Å². The number of aliphatic hydroxyl groups excluding tert-OH is 2. The Hall–Kier alpha value is -1.50. The minimum atomic E-state index is -1.51. The molecule has 2 atom stereocenters. The van der Waals surface area contributed by atoms with Crippen LogP contribution in [0, 0.1) is 0 Å². The molecule has 5 nitrogen and oxygen atoms in total. The van der Waals surface area contributed by atoms with Crippen molar-refractivity contribution in [1.82, 2.24) is 10.3 Å². The van der Waals surface area contributed by atoms with Crippen molar-refractivity contribution in [2.24, 2.45) is 0 Å². The van der Waals surface area contributed by atoms with E-state index in [1.165, 1.54) is 17.8 Å². The second-order valence-corrected chi connectivity index (χ2v) is 7.58. The van der Waals surface area contributed by atoms with Crippen molar-refractivity contribution in [2.45, 2.75) is 56.8 Å². The van der Waals surface area contributed by atoms with E-state index in [9.17, 15) is 15.0 Å². The van der Waals surface area contributed by atoms with Crippen molar-refractivity contribution < 1.29 is 15.0 Å². The zero-order chi connectivity index (χ0) is 16.4. The first-order valence-corrected chi connectivity index (χ1v) is 8.84. The molecule has 1 heterocycles. The Balaban J connectivity index is 1.70. The van der Waals surface area contributed by atoms with Gasteiger partial charge < -0.3 is 15.5 Å². The van der Waals surface area contributed by atoms with E-state index in [4.69, 9.17) is 0 Å². The number of nitrogens with zero attached hydrogens (tertiary/aromatic N) is 1. The van der Waals surface area contributed by atoms with Gasteiger partial charge in [-0.3, -0.25) is 4.79 Å². The maximum atomic E-state index is 12.3. The van der Waals surface area contributed by atoms with Crippen molar-refractivity contribution in [3.63, 3.8) is 0 Å². The SMILES string of the molecule is CC1(NC(=O)C(O)C(O)c2nc3ccccc3s2)CCCCC1. The van der Waals surface area contributed by atoms with Crippen LogP contribution < -0.4 is 5.32 Å². The molecule has 124 valence electrons. The highest BCUT2D eigenvalue weighted by atomic mass is 32.1. The average Bonchev–Trinajstić information content (AvgIpc) is 2.97. The molecular weight excluding hydrogens is 312 g/mol. The Morgan fingerprint density at radius 2 is 1.96 bits per heavy atom. The topological polar surface area (TPSA) is 82.5 Å². The van der Waals surface area contributed by atoms with Crippen LogP contribution in [-0.2, 0) is 4.79 Å². The van der Waals surface area contributed by atoms with E-state index in [1.807, 2.05) is 31.2 Å². The molecule has 6 heteroatoms. The van der Waals surface area contributed by atoms with Crippen LogP contribution in [0.2, 0.25) is 0 Å². The molecule has 1 fully saturated rings. The molecule has 1 aromatic heterocycles. The monoisotopic (exact) mass is 334 g/mol. The van der Waals surface area contributed by atoms with E-state index < -0.39 is 18.1 Å². The quantitative estimate of drug-likeness (QED) is 0.802. The number of hydrogen-bond donors (Lipinski definition) is 3. The fourth-order valence-electron chi connectivity index (χ4n) is 3.12. The first kappa shape index (κ1) is 16.4. The number of benzene rings is 1. The summed E-state index contributed by atoms with van der Waals surface area (Å²) in [5.74, 6) is -0.527. The number of carbonyl (C=O) groups excluding carboxylic acids is 1. The third-order valence-corrected chi connectivity index (χ3v) is 5.62. The van der Waals surface area contributed by atoms with Gasteiger partial charge in [0.2, 0.25) is 0 Å². The van der Waals surface area contributed by atoms with Gasteiger partial charge in [-0.25, -0.2) is 4.98 Å². The van der Waals surface area contributed by atoms with Gasteiger partial charge in [-0.15, -0.1) is 11.3 Å². The summed E-state index contributed by atoms with van der Waals surface area (Å²) < 4.78 is 0.924. The number of thiazole rings is 1. The van der Waals surface area contributed by atoms with E-state index in [0.717, 1.165) is 35.9 Å². The molecule has 1 saturated carbocycles. The number of nitrogens with one attached hydrogen (secondary N) is 1. The van der Waals surface area contributed by atoms with Crippen LogP contribution in [0.15, 0.2) is 24.3 Å². The Morgan fingerprint density at radius 1 is 1.26 bits per heavy atom. The summed E-state index contributed by atoms with van der Waals surface area (Å²) in [5.41, 5.74) is 0.474. The average molecular weight is 334 g/mol. The van der Waals surface area contributed by atoms with Crippen LogP contribution in [0.1, 0.15) is 50.1 Å². The lowest BCUT2D eigenvalue weighted by Crippen LogP contribution is -2.51. The molecule has 23 heavy (non-hydrogen) atoms. The van der Waals surface area contributed by atoms with Gasteiger partial charge in [-0.2, -0.15) is 0 Å². The number of rotatable bonds is 4. The van der Waals surface area contributed by atoms with Crippen LogP contribution >= 0.6 is 11.3 Å². The summed E-state index contributed by atoms with van der Waals surface area (Å²) in [4.78, 5) is 16.6. The van der Waals surface area contributed by atoms with Gasteiger partial charge in [0, 0.05) is 5.54 Å². The Morgan fingerprint density at radius 3 is 2.65 bits per heavy atom. The molecule has 1 aliphatic carbocycles. The second-order valence-electron chi connectivity index (χ2n) is 6.52. The van der Waals surface area contributed by atoms with Gasteiger partial charge >= 0.3 is 0 Å². The lowest BCUT2D eigenvalue weighted by Gasteiger charge is -2.35. The second kappa shape index (κ2) is 6.55. The summed E-state index contributed by atoms with van der Waals surface area (Å²) in [7, 11) is 0. The van der Waals surface area contributed by atoms with Crippen LogP contribution in [0.4, 0.5) is 0 Å². The molecule has 1 aromatic carbocycles. The number of carbonyl (C=O) groups is 1. The Kier molecular flexibility index (Phi) is 4.66. The number of aromatic nitrogens is 1. The molecule has 2 unspecified atom stereocenters. The van der Waals surface area contributed by atoms with Gasteiger partial charge in [0.25, 0.3) is 5.91 Å². The zero-order valence-corrected chi connectivity index (χ0v) is 14.0. The summed E-state index contributed by atoms with van der Waals surface area (Å²) in [5, 5.41) is 23.8. The minimum absolute atomic E-state index is 0.288. The van der Waals surface area contributed by atoms with Crippen molar-refractivity contribution in [3.8, 4) is 0 Å².